The number of aliphatic hydroxyl groups excluding tert-OH is 1. The Labute approximate surface area is 198 Å². The van der Waals surface area contributed by atoms with Gasteiger partial charge in [-0.05, 0) is 34.1 Å². The second-order valence-electron chi connectivity index (χ2n) is 6.13. The molecule has 7 nitrogen and oxygen atoms in total. The summed E-state index contributed by atoms with van der Waals surface area (Å²) in [6.07, 6.45) is 7.73. The van der Waals surface area contributed by atoms with Gasteiger partial charge in [0.25, 0.3) is 0 Å². The van der Waals surface area contributed by atoms with Gasteiger partial charge in [-0.25, -0.2) is 9.97 Å². The van der Waals surface area contributed by atoms with Gasteiger partial charge in [0.05, 0.1) is 0 Å². The zero-order valence-corrected chi connectivity index (χ0v) is 18.5. The molecule has 2 aromatic heterocycles. The summed E-state index contributed by atoms with van der Waals surface area (Å²) in [6, 6.07) is 28.9. The van der Waals surface area contributed by atoms with Gasteiger partial charge in [0.15, 0.2) is 24.8 Å². The van der Waals surface area contributed by atoms with Gasteiger partial charge < -0.3 is 24.9 Å². The Morgan fingerprint density at radius 1 is 0.559 bits per heavy atom. The number of aliphatic hydroxyl groups is 1. The zero-order valence-electron chi connectivity index (χ0n) is 18.5. The molecule has 2 aromatic carbocycles. The van der Waals surface area contributed by atoms with E-state index < -0.39 is 11.9 Å². The first-order valence-electron chi connectivity index (χ1n) is 9.98. The van der Waals surface area contributed by atoms with E-state index in [1.165, 1.54) is 34.1 Å². The summed E-state index contributed by atoms with van der Waals surface area (Å²) in [6.45, 7) is 0. The fraction of sp³-hybridized carbons (Fsp3) is 0.0370. The Bertz CT molecular complexity index is 991. The Morgan fingerprint density at radius 3 is 1.09 bits per heavy atom. The van der Waals surface area contributed by atoms with Gasteiger partial charge in [-0.15, -0.1) is 0 Å². The van der Waals surface area contributed by atoms with Crippen LogP contribution in [-0.4, -0.2) is 24.2 Å². The smallest absolute Gasteiger partial charge is 0.167 e. The molecule has 0 saturated carbocycles. The minimum absolute atomic E-state index is 1.00. The molecule has 0 aliphatic rings. The number of hydrogen-bond donors (Lipinski definition) is 1. The van der Waals surface area contributed by atoms with Crippen LogP contribution >= 0.6 is 0 Å². The van der Waals surface area contributed by atoms with Gasteiger partial charge in [-0.2, -0.15) is 0 Å². The molecule has 2 heterocycles. The summed E-state index contributed by atoms with van der Waals surface area (Å²) in [7, 11) is 1.00. The van der Waals surface area contributed by atoms with Crippen molar-refractivity contribution in [1.29, 1.82) is 0 Å². The fourth-order valence-corrected chi connectivity index (χ4v) is 2.52. The van der Waals surface area contributed by atoms with E-state index in [4.69, 9.17) is 5.11 Å². The second kappa shape index (κ2) is 16.8. The van der Waals surface area contributed by atoms with Gasteiger partial charge in [-0.3, -0.25) is 0 Å². The van der Waals surface area contributed by atoms with Crippen LogP contribution in [0.5, 0.6) is 0 Å². The Balaban J connectivity index is 0.000000252. The van der Waals surface area contributed by atoms with E-state index in [-0.39, 0.29) is 0 Å². The highest BCUT2D eigenvalue weighted by molar-refractivity contribution is 5.94. The number of pyridine rings is 2. The number of carbonyl (C=O) groups excluding carboxylic acids is 2. The first-order chi connectivity index (χ1) is 16.6. The predicted octanol–water partition coefficient (Wildman–Crippen LogP) is 0.434. The number of aromatic nitrogens is 2. The van der Waals surface area contributed by atoms with Crippen molar-refractivity contribution in [3.8, 4) is 34.1 Å². The molecule has 34 heavy (non-hydrogen) atoms. The van der Waals surface area contributed by atoms with Gasteiger partial charge in [0.1, 0.15) is 11.9 Å². The van der Waals surface area contributed by atoms with Crippen molar-refractivity contribution in [3.05, 3.63) is 110 Å². The number of benzene rings is 2. The van der Waals surface area contributed by atoms with Crippen molar-refractivity contribution < 1.29 is 34.9 Å². The Hall–Kier alpha value is -4.80. The molecule has 0 amide bonds. The third kappa shape index (κ3) is 11.6. The fourth-order valence-electron chi connectivity index (χ4n) is 2.52. The molecule has 4 aromatic rings. The topological polar surface area (TPSA) is 129 Å². The number of nitrogens with one attached hydrogen (secondary N) is 2. The van der Waals surface area contributed by atoms with Crippen LogP contribution in [0.2, 0.25) is 0 Å². The molecule has 0 spiro atoms. The zero-order chi connectivity index (χ0) is 25.0. The SMILES string of the molecule is CO.O=C([O-])C#CC(=O)[O-].c1ccc(-c2cc[nH+]cc2)cc1.c1ccc(-c2cc[nH+]cc2)cc1. The molecular formula is C27H24N2O5. The lowest BCUT2D eigenvalue weighted by Gasteiger charge is -1.96. The van der Waals surface area contributed by atoms with Crippen LogP contribution in [0, 0.1) is 11.8 Å². The van der Waals surface area contributed by atoms with E-state index in [9.17, 15) is 19.8 Å². The highest BCUT2D eigenvalue weighted by Gasteiger charge is 1.95. The molecule has 0 saturated heterocycles. The number of aromatic amines is 2. The van der Waals surface area contributed by atoms with Crippen molar-refractivity contribution in [1.82, 2.24) is 0 Å². The lowest BCUT2D eigenvalue weighted by atomic mass is 10.1. The van der Waals surface area contributed by atoms with Crippen LogP contribution in [-0.2, 0) is 9.59 Å². The molecular weight excluding hydrogens is 432 g/mol. The monoisotopic (exact) mass is 456 g/mol. The van der Waals surface area contributed by atoms with E-state index in [2.05, 4.69) is 58.5 Å². The molecule has 0 bridgehead atoms. The number of carboxylic acid groups (broad SMARTS) is 2. The average Bonchev–Trinajstić information content (AvgIpc) is 2.91. The number of carbonyl (C=O) groups is 2. The molecule has 0 unspecified atom stereocenters. The van der Waals surface area contributed by atoms with Gasteiger partial charge in [-0.1, -0.05) is 60.7 Å². The highest BCUT2D eigenvalue weighted by atomic mass is 16.4. The van der Waals surface area contributed by atoms with Gasteiger partial charge >= 0.3 is 0 Å². The van der Waals surface area contributed by atoms with E-state index >= 15 is 0 Å². The van der Waals surface area contributed by atoms with Crippen LogP contribution < -0.4 is 20.2 Å². The minimum Gasteiger partial charge on any atom is -0.537 e. The number of rotatable bonds is 2. The summed E-state index contributed by atoms with van der Waals surface area (Å²) < 4.78 is 0. The number of aliphatic carboxylic acids is 2. The minimum atomic E-state index is -1.73. The predicted molar refractivity (Wildman–Crippen MR) is 123 cm³/mol. The lowest BCUT2D eigenvalue weighted by molar-refractivity contribution is -0.378. The summed E-state index contributed by atoms with van der Waals surface area (Å²) in [5.74, 6) is -0.978. The summed E-state index contributed by atoms with van der Waals surface area (Å²) in [5, 5.41) is 25.7. The summed E-state index contributed by atoms with van der Waals surface area (Å²) in [4.78, 5) is 24.7. The molecule has 7 heteroatoms. The number of H-pyrrole nitrogens is 2. The van der Waals surface area contributed by atoms with Crippen molar-refractivity contribution in [2.24, 2.45) is 0 Å². The maximum absolute atomic E-state index is 9.33. The third-order valence-electron chi connectivity index (χ3n) is 3.92. The van der Waals surface area contributed by atoms with Crippen LogP contribution in [0.4, 0.5) is 0 Å². The molecule has 4 rings (SSSR count). The number of hydrogen-bond acceptors (Lipinski definition) is 5. The van der Waals surface area contributed by atoms with Crippen molar-refractivity contribution in [2.75, 3.05) is 7.11 Å². The molecule has 3 N–H and O–H groups in total. The molecule has 0 atom stereocenters. The Morgan fingerprint density at radius 2 is 0.824 bits per heavy atom. The van der Waals surface area contributed by atoms with E-state index in [1.54, 1.807) is 0 Å². The van der Waals surface area contributed by atoms with Crippen molar-refractivity contribution >= 4 is 11.9 Å². The molecule has 172 valence electrons. The molecule has 0 aliphatic carbocycles. The largest absolute Gasteiger partial charge is 0.537 e. The first kappa shape index (κ1) is 27.2. The van der Waals surface area contributed by atoms with Crippen molar-refractivity contribution in [3.63, 3.8) is 0 Å². The normalized spacial score (nSPS) is 8.53. The molecule has 0 aliphatic heterocycles. The van der Waals surface area contributed by atoms with E-state index in [0.29, 0.717) is 0 Å². The standard InChI is InChI=1S/2C11H9N.C4H2O4.CH4O/c2*1-2-4-10(5-3-1)11-6-8-12-9-7-11;5-3(6)1-2-4(7)8;1-2/h2*1-9H;(H,5,6)(H,7,8);2H,1H3. The third-order valence-corrected chi connectivity index (χ3v) is 3.92. The molecule has 0 radical (unpaired) electrons. The second-order valence-corrected chi connectivity index (χ2v) is 6.13. The maximum Gasteiger partial charge on any atom is 0.167 e. The summed E-state index contributed by atoms with van der Waals surface area (Å²) >= 11 is 0. The van der Waals surface area contributed by atoms with Gasteiger partial charge in [0, 0.05) is 31.4 Å². The van der Waals surface area contributed by atoms with E-state index in [0.717, 1.165) is 7.11 Å². The quantitative estimate of drug-likeness (QED) is 0.438. The van der Waals surface area contributed by atoms with E-state index in [1.807, 2.05) is 61.2 Å². The Kier molecular flexibility index (Phi) is 13.5. The van der Waals surface area contributed by atoms with Crippen molar-refractivity contribution in [2.45, 2.75) is 0 Å². The highest BCUT2D eigenvalue weighted by Crippen LogP contribution is 2.16. The average molecular weight is 456 g/mol. The number of carboxylic acids is 2. The van der Waals surface area contributed by atoms with Crippen LogP contribution in [0.3, 0.4) is 0 Å². The van der Waals surface area contributed by atoms with Crippen LogP contribution in [0.25, 0.3) is 22.3 Å². The van der Waals surface area contributed by atoms with Gasteiger partial charge in [0.2, 0.25) is 0 Å². The lowest BCUT2D eigenvalue weighted by Crippen LogP contribution is -2.23. The van der Waals surface area contributed by atoms with Crippen LogP contribution in [0.1, 0.15) is 0 Å². The maximum atomic E-state index is 9.33. The summed E-state index contributed by atoms with van der Waals surface area (Å²) in [5.41, 5.74) is 5.00. The molecule has 0 fully saturated rings. The first-order valence-corrected chi connectivity index (χ1v) is 9.98. The van der Waals surface area contributed by atoms with Crippen LogP contribution in [0.15, 0.2) is 110 Å².